The fraction of sp³-hybridized carbons (Fsp3) is 0.556. The fourth-order valence-electron chi connectivity index (χ4n) is 1.22. The van der Waals surface area contributed by atoms with E-state index in [0.717, 1.165) is 11.5 Å². The van der Waals surface area contributed by atoms with Crippen LogP contribution in [0.15, 0.2) is 5.16 Å². The summed E-state index contributed by atoms with van der Waals surface area (Å²) in [6, 6.07) is -0.487. The minimum Gasteiger partial charge on any atom is -0.409 e. The zero-order valence-corrected chi connectivity index (χ0v) is 10.7. The summed E-state index contributed by atoms with van der Waals surface area (Å²) >= 11 is 1.05. The zero-order valence-electron chi connectivity index (χ0n) is 9.91. The predicted octanol–water partition coefficient (Wildman–Crippen LogP) is 0.307. The molecule has 0 spiro atoms. The monoisotopic (exact) mass is 257 g/mol. The third kappa shape index (κ3) is 2.70. The van der Waals surface area contributed by atoms with E-state index in [-0.39, 0.29) is 11.7 Å². The van der Waals surface area contributed by atoms with Gasteiger partial charge >= 0.3 is 0 Å². The Hall–Kier alpha value is -1.70. The van der Waals surface area contributed by atoms with E-state index in [4.69, 9.17) is 10.9 Å². The van der Waals surface area contributed by atoms with Gasteiger partial charge in [0.05, 0.1) is 11.7 Å². The molecule has 0 radical (unpaired) electrons. The van der Waals surface area contributed by atoms with Crippen molar-refractivity contribution in [1.82, 2.24) is 14.5 Å². The number of amides is 1. The highest BCUT2D eigenvalue weighted by Gasteiger charge is 2.24. The summed E-state index contributed by atoms with van der Waals surface area (Å²) in [5, 5.41) is 15.3. The lowest BCUT2D eigenvalue weighted by Gasteiger charge is -2.23. The van der Waals surface area contributed by atoms with Gasteiger partial charge in [0.25, 0.3) is 5.91 Å². The van der Waals surface area contributed by atoms with Gasteiger partial charge in [0.15, 0.2) is 5.84 Å². The van der Waals surface area contributed by atoms with Crippen LogP contribution in [0.5, 0.6) is 0 Å². The molecule has 1 rings (SSSR count). The van der Waals surface area contributed by atoms with Gasteiger partial charge in [0, 0.05) is 7.05 Å². The molecule has 17 heavy (non-hydrogen) atoms. The average molecular weight is 257 g/mol. The Balaban J connectivity index is 2.90. The lowest BCUT2D eigenvalue weighted by Crippen LogP contribution is -2.43. The third-order valence-electron chi connectivity index (χ3n) is 2.53. The molecule has 3 N–H and O–H groups in total. The summed E-state index contributed by atoms with van der Waals surface area (Å²) in [7, 11) is 1.59. The molecule has 0 saturated heterocycles. The minimum atomic E-state index is -0.487. The maximum absolute atomic E-state index is 12.1. The maximum Gasteiger partial charge on any atom is 0.267 e. The topological polar surface area (TPSA) is 105 Å². The molecule has 0 fully saturated rings. The molecular formula is C9H15N5O2S. The van der Waals surface area contributed by atoms with Gasteiger partial charge in [-0.15, -0.1) is 5.10 Å². The first kappa shape index (κ1) is 13.4. The number of aryl methyl sites for hydroxylation is 1. The van der Waals surface area contributed by atoms with Gasteiger partial charge in [-0.05, 0) is 24.9 Å². The summed E-state index contributed by atoms with van der Waals surface area (Å²) in [5.74, 6) is -0.243. The number of nitrogens with zero attached hydrogens (tertiary/aromatic N) is 4. The average Bonchev–Trinajstić information content (AvgIpc) is 2.83. The molecule has 94 valence electrons. The van der Waals surface area contributed by atoms with Crippen LogP contribution in [-0.4, -0.2) is 44.5 Å². The van der Waals surface area contributed by atoms with Crippen LogP contribution in [0.2, 0.25) is 0 Å². The van der Waals surface area contributed by atoms with Gasteiger partial charge in [-0.25, -0.2) is 0 Å². The highest BCUT2D eigenvalue weighted by molar-refractivity contribution is 7.08. The van der Waals surface area contributed by atoms with Crippen LogP contribution in [0.1, 0.15) is 29.2 Å². The number of carbonyl (C=O) groups excluding carboxylic acids is 1. The van der Waals surface area contributed by atoms with Crippen molar-refractivity contribution < 1.29 is 10.0 Å². The summed E-state index contributed by atoms with van der Waals surface area (Å²) < 4.78 is 3.75. The van der Waals surface area contributed by atoms with Crippen LogP contribution in [-0.2, 0) is 6.42 Å². The van der Waals surface area contributed by atoms with Gasteiger partial charge < -0.3 is 15.8 Å². The van der Waals surface area contributed by atoms with E-state index < -0.39 is 6.04 Å². The van der Waals surface area contributed by atoms with Gasteiger partial charge in [-0.1, -0.05) is 16.6 Å². The largest absolute Gasteiger partial charge is 0.409 e. The van der Waals surface area contributed by atoms with Crippen molar-refractivity contribution in [3.63, 3.8) is 0 Å². The van der Waals surface area contributed by atoms with Crippen molar-refractivity contribution in [2.45, 2.75) is 26.3 Å². The van der Waals surface area contributed by atoms with Crippen LogP contribution >= 0.6 is 11.5 Å². The van der Waals surface area contributed by atoms with E-state index in [2.05, 4.69) is 14.7 Å². The van der Waals surface area contributed by atoms with Crippen molar-refractivity contribution in [3.05, 3.63) is 10.6 Å². The Morgan fingerprint density at radius 2 is 2.35 bits per heavy atom. The second-order valence-electron chi connectivity index (χ2n) is 3.52. The SMILES string of the molecule is CCc1nnsc1C(=O)N(C)C(C)C(N)=NO. The number of hydrogen-bond acceptors (Lipinski definition) is 6. The molecule has 1 atom stereocenters. The summed E-state index contributed by atoms with van der Waals surface area (Å²) in [4.78, 5) is 14.0. The Bertz CT molecular complexity index is 431. The van der Waals surface area contributed by atoms with E-state index in [9.17, 15) is 4.79 Å². The number of amidine groups is 1. The van der Waals surface area contributed by atoms with E-state index in [1.807, 2.05) is 6.92 Å². The molecule has 1 aromatic heterocycles. The van der Waals surface area contributed by atoms with E-state index in [1.165, 1.54) is 4.90 Å². The molecule has 0 bridgehead atoms. The number of hydrogen-bond donors (Lipinski definition) is 2. The van der Waals surface area contributed by atoms with Crippen molar-refractivity contribution in [3.8, 4) is 0 Å². The Morgan fingerprint density at radius 1 is 1.71 bits per heavy atom. The van der Waals surface area contributed by atoms with Crippen LogP contribution in [0.4, 0.5) is 0 Å². The van der Waals surface area contributed by atoms with Crippen LogP contribution < -0.4 is 5.73 Å². The molecule has 1 amide bonds. The van der Waals surface area contributed by atoms with Crippen LogP contribution in [0.25, 0.3) is 0 Å². The highest BCUT2D eigenvalue weighted by Crippen LogP contribution is 2.15. The smallest absolute Gasteiger partial charge is 0.267 e. The molecule has 1 heterocycles. The van der Waals surface area contributed by atoms with Crippen molar-refractivity contribution in [2.75, 3.05) is 7.05 Å². The van der Waals surface area contributed by atoms with Gasteiger partial charge in [0.2, 0.25) is 0 Å². The lowest BCUT2D eigenvalue weighted by atomic mass is 10.2. The summed E-state index contributed by atoms with van der Waals surface area (Å²) in [6.45, 7) is 3.58. The number of rotatable bonds is 4. The first-order valence-electron chi connectivity index (χ1n) is 5.08. The maximum atomic E-state index is 12.1. The molecule has 1 unspecified atom stereocenters. The van der Waals surface area contributed by atoms with E-state index >= 15 is 0 Å². The Morgan fingerprint density at radius 3 is 2.88 bits per heavy atom. The van der Waals surface area contributed by atoms with Crippen molar-refractivity contribution in [1.29, 1.82) is 0 Å². The van der Waals surface area contributed by atoms with E-state index in [0.29, 0.717) is 17.0 Å². The zero-order chi connectivity index (χ0) is 13.0. The highest BCUT2D eigenvalue weighted by atomic mass is 32.1. The number of carbonyl (C=O) groups is 1. The molecular weight excluding hydrogens is 242 g/mol. The molecule has 0 aromatic carbocycles. The minimum absolute atomic E-state index is 0.0172. The Kier molecular flexibility index (Phi) is 4.38. The van der Waals surface area contributed by atoms with E-state index in [1.54, 1.807) is 14.0 Å². The standard InChI is InChI=1S/C9H15N5O2S/c1-4-6-7(17-13-11-6)9(15)14(3)5(2)8(10)12-16/h5,16H,4H2,1-3H3,(H2,10,12). The first-order valence-corrected chi connectivity index (χ1v) is 5.86. The van der Waals surface area contributed by atoms with Gasteiger partial charge in [-0.3, -0.25) is 4.79 Å². The number of nitrogens with two attached hydrogens (primary N) is 1. The molecule has 0 aliphatic rings. The van der Waals surface area contributed by atoms with Gasteiger partial charge in [0.1, 0.15) is 4.88 Å². The third-order valence-corrected chi connectivity index (χ3v) is 3.29. The second kappa shape index (κ2) is 5.58. The molecule has 1 aromatic rings. The van der Waals surface area contributed by atoms with Crippen molar-refractivity contribution >= 4 is 23.3 Å². The quantitative estimate of drug-likeness (QED) is 0.349. The molecule has 0 aliphatic heterocycles. The first-order chi connectivity index (χ1) is 8.02. The fourth-order valence-corrected chi connectivity index (χ4v) is 1.95. The predicted molar refractivity (Wildman–Crippen MR) is 64.3 cm³/mol. The lowest BCUT2D eigenvalue weighted by molar-refractivity contribution is 0.0780. The number of aromatic nitrogens is 2. The van der Waals surface area contributed by atoms with Crippen molar-refractivity contribution in [2.24, 2.45) is 10.9 Å². The van der Waals surface area contributed by atoms with Gasteiger partial charge in [-0.2, -0.15) is 0 Å². The number of likely N-dealkylation sites (N-methyl/N-ethyl adjacent to an activating group) is 1. The van der Waals surface area contributed by atoms with Crippen LogP contribution in [0, 0.1) is 0 Å². The second-order valence-corrected chi connectivity index (χ2v) is 4.27. The van der Waals surface area contributed by atoms with Crippen LogP contribution in [0.3, 0.4) is 0 Å². The Labute approximate surface area is 103 Å². The number of oxime groups is 1. The molecule has 7 nitrogen and oxygen atoms in total. The normalized spacial score (nSPS) is 13.5. The summed E-state index contributed by atoms with van der Waals surface area (Å²) in [5.41, 5.74) is 6.12. The molecule has 0 aliphatic carbocycles. The molecule has 8 heteroatoms. The summed E-state index contributed by atoms with van der Waals surface area (Å²) in [6.07, 6.45) is 0.642. The molecule has 0 saturated carbocycles.